The van der Waals surface area contributed by atoms with Crippen molar-refractivity contribution in [2.75, 3.05) is 11.9 Å². The second-order valence-electron chi connectivity index (χ2n) is 8.39. The van der Waals surface area contributed by atoms with Gasteiger partial charge in [-0.1, -0.05) is 48.0 Å². The molecule has 1 amide bonds. The molecule has 0 saturated carbocycles. The molecule has 1 atom stereocenters. The van der Waals surface area contributed by atoms with Crippen molar-refractivity contribution < 1.29 is 9.59 Å². The summed E-state index contributed by atoms with van der Waals surface area (Å²) < 4.78 is 1.97. The van der Waals surface area contributed by atoms with Crippen molar-refractivity contribution in [3.63, 3.8) is 0 Å². The number of amides is 1. The van der Waals surface area contributed by atoms with Crippen molar-refractivity contribution in [3.05, 3.63) is 97.4 Å². The third-order valence-corrected chi connectivity index (χ3v) is 8.26. The van der Waals surface area contributed by atoms with Crippen molar-refractivity contribution in [1.29, 1.82) is 0 Å². The summed E-state index contributed by atoms with van der Waals surface area (Å²) in [6, 6.07) is 20.1. The minimum atomic E-state index is -0.688. The molecular weight excluding hydrogens is 568 g/mol. The Morgan fingerprint density at radius 3 is 2.52 bits per heavy atom. The quantitative estimate of drug-likeness (QED) is 0.312. The van der Waals surface area contributed by atoms with E-state index in [4.69, 9.17) is 11.6 Å². The number of halogens is 3. The number of carbonyl (C=O) groups is 2. The zero-order valence-electron chi connectivity index (χ0n) is 18.1. The number of hydrogen-bond donors (Lipinski definition) is 1. The summed E-state index contributed by atoms with van der Waals surface area (Å²) in [7, 11) is 0. The first kappa shape index (κ1) is 24.1. The monoisotopic (exact) mass is 588 g/mol. The van der Waals surface area contributed by atoms with Crippen LogP contribution in [0.4, 0.5) is 5.69 Å². The second-order valence-corrected chi connectivity index (χ2v) is 10.5. The maximum absolute atomic E-state index is 13.5. The minimum Gasteiger partial charge on any atom is -0.324 e. The summed E-state index contributed by atoms with van der Waals surface area (Å²) >= 11 is 13.3. The number of carbonyl (C=O) groups excluding carboxylic acids is 2. The average Bonchev–Trinajstić information content (AvgIpc) is 3.19. The van der Waals surface area contributed by atoms with Crippen molar-refractivity contribution in [2.45, 2.75) is 31.8 Å². The number of hydrogen-bond acceptors (Lipinski definition) is 3. The van der Waals surface area contributed by atoms with E-state index in [-0.39, 0.29) is 11.7 Å². The molecule has 0 aromatic heterocycles. The maximum Gasteiger partial charge on any atom is 0.244 e. The number of anilines is 1. The molecule has 3 aromatic rings. The molecule has 0 unspecified atom stereocenters. The molecule has 1 aliphatic heterocycles. The van der Waals surface area contributed by atoms with Gasteiger partial charge in [-0.3, -0.25) is 14.5 Å². The maximum atomic E-state index is 13.5. The molecule has 0 radical (unpaired) electrons. The van der Waals surface area contributed by atoms with E-state index in [1.165, 1.54) is 0 Å². The fourth-order valence-electron chi connectivity index (χ4n) is 4.20. The molecule has 1 heterocycles. The predicted octanol–water partition coefficient (Wildman–Crippen LogP) is 7.09. The lowest BCUT2D eigenvalue weighted by Gasteiger charge is -2.34. The molecule has 0 spiro atoms. The van der Waals surface area contributed by atoms with Crippen LogP contribution in [0.25, 0.3) is 0 Å². The largest absolute Gasteiger partial charge is 0.324 e. The normalized spacial score (nSPS) is 18.3. The predicted molar refractivity (Wildman–Crippen MR) is 140 cm³/mol. The Morgan fingerprint density at radius 1 is 1.03 bits per heavy atom. The van der Waals surface area contributed by atoms with E-state index in [0.29, 0.717) is 28.4 Å². The Balaban J connectivity index is 1.58. The van der Waals surface area contributed by atoms with E-state index in [9.17, 15) is 9.59 Å². The molecule has 0 aliphatic carbocycles. The molecule has 7 heteroatoms. The van der Waals surface area contributed by atoms with Gasteiger partial charge in [-0.2, -0.15) is 0 Å². The topological polar surface area (TPSA) is 49.4 Å². The second kappa shape index (κ2) is 10.1. The zero-order chi connectivity index (χ0) is 23.6. The van der Waals surface area contributed by atoms with E-state index in [2.05, 4.69) is 54.2 Å². The summed E-state index contributed by atoms with van der Waals surface area (Å²) in [5, 5.41) is 3.48. The lowest BCUT2D eigenvalue weighted by Crippen LogP contribution is -2.50. The van der Waals surface area contributed by atoms with Gasteiger partial charge < -0.3 is 5.32 Å². The molecule has 170 valence electrons. The highest BCUT2D eigenvalue weighted by Gasteiger charge is 2.43. The van der Waals surface area contributed by atoms with Crippen molar-refractivity contribution in [1.82, 2.24) is 4.90 Å². The van der Waals surface area contributed by atoms with Crippen LogP contribution < -0.4 is 5.32 Å². The molecule has 1 saturated heterocycles. The van der Waals surface area contributed by atoms with Crippen LogP contribution in [0.2, 0.25) is 5.02 Å². The first-order valence-electron chi connectivity index (χ1n) is 10.7. The summed E-state index contributed by atoms with van der Waals surface area (Å²) in [5.41, 5.74) is 1.83. The molecule has 4 rings (SSSR count). The first-order valence-corrected chi connectivity index (χ1v) is 12.6. The molecule has 3 aromatic carbocycles. The zero-order valence-corrected chi connectivity index (χ0v) is 22.0. The first-order chi connectivity index (χ1) is 15.8. The van der Waals surface area contributed by atoms with Crippen LogP contribution in [0.15, 0.2) is 75.7 Å². The van der Waals surface area contributed by atoms with Gasteiger partial charge >= 0.3 is 0 Å². The van der Waals surface area contributed by atoms with Crippen LogP contribution in [0, 0.1) is 0 Å². The van der Waals surface area contributed by atoms with Gasteiger partial charge in [0.25, 0.3) is 0 Å². The molecule has 1 N–H and O–H groups in total. The number of likely N-dealkylation sites (tertiary alicyclic amines) is 1. The van der Waals surface area contributed by atoms with Crippen LogP contribution in [0.5, 0.6) is 0 Å². The third kappa shape index (κ3) is 5.24. The van der Waals surface area contributed by atoms with Crippen LogP contribution in [0.1, 0.15) is 41.3 Å². The van der Waals surface area contributed by atoms with Gasteiger partial charge in [-0.05, 0) is 94.1 Å². The number of nitrogens with one attached hydrogen (secondary N) is 1. The molecule has 4 nitrogen and oxygen atoms in total. The van der Waals surface area contributed by atoms with Crippen LogP contribution in [-0.4, -0.2) is 28.7 Å². The number of benzene rings is 3. The highest BCUT2D eigenvalue weighted by atomic mass is 79.9. The lowest BCUT2D eigenvalue weighted by molar-refractivity contribution is -0.125. The minimum absolute atomic E-state index is 0.124. The van der Waals surface area contributed by atoms with Crippen molar-refractivity contribution >= 4 is 60.8 Å². The van der Waals surface area contributed by atoms with E-state index < -0.39 is 5.54 Å². The smallest absolute Gasteiger partial charge is 0.244 e. The number of rotatable bonds is 6. The molecule has 1 fully saturated rings. The molecule has 0 bridgehead atoms. The standard InChI is InChI=1S/C26H23Br2ClN2O2/c1-26(12-5-13-31(26)16-17-8-10-21(27)22(28)14-17)25(33)30-23-11-9-19(29)15-20(23)24(32)18-6-3-2-4-7-18/h2-4,6-11,14-15H,5,12-13,16H2,1H3,(H,30,33)/t26-/m1/s1. The number of nitrogens with zero attached hydrogens (tertiary/aromatic N) is 1. The highest BCUT2D eigenvalue weighted by Crippen LogP contribution is 2.34. The van der Waals surface area contributed by atoms with E-state index in [1.54, 1.807) is 30.3 Å². The SMILES string of the molecule is C[C@]1(C(=O)Nc2ccc(Cl)cc2C(=O)c2ccccc2)CCCN1Cc1ccc(Br)c(Br)c1. The summed E-state index contributed by atoms with van der Waals surface area (Å²) in [4.78, 5) is 28.9. The summed E-state index contributed by atoms with van der Waals surface area (Å²) in [6.45, 7) is 3.46. The van der Waals surface area contributed by atoms with Crippen molar-refractivity contribution in [2.24, 2.45) is 0 Å². The van der Waals surface area contributed by atoms with Gasteiger partial charge in [0.2, 0.25) is 5.91 Å². The summed E-state index contributed by atoms with van der Waals surface area (Å²) in [6.07, 6.45) is 1.67. The van der Waals surface area contributed by atoms with Gasteiger partial charge in [-0.25, -0.2) is 0 Å². The molecular formula is C26H23Br2ClN2O2. The van der Waals surface area contributed by atoms with E-state index >= 15 is 0 Å². The molecule has 33 heavy (non-hydrogen) atoms. The Hall–Kier alpha value is -1.99. The van der Waals surface area contributed by atoms with Crippen LogP contribution in [-0.2, 0) is 11.3 Å². The number of ketones is 1. The summed E-state index contributed by atoms with van der Waals surface area (Å²) in [5.74, 6) is -0.304. The van der Waals surface area contributed by atoms with Crippen LogP contribution >= 0.6 is 43.5 Å². The van der Waals surface area contributed by atoms with E-state index in [1.807, 2.05) is 31.2 Å². The third-order valence-electron chi connectivity index (χ3n) is 6.15. The lowest BCUT2D eigenvalue weighted by atomic mass is 9.96. The highest BCUT2D eigenvalue weighted by molar-refractivity contribution is 9.13. The van der Waals surface area contributed by atoms with E-state index in [0.717, 1.165) is 33.9 Å². The average molecular weight is 591 g/mol. The van der Waals surface area contributed by atoms with Gasteiger partial charge in [0, 0.05) is 31.6 Å². The van der Waals surface area contributed by atoms with Gasteiger partial charge in [0.15, 0.2) is 5.78 Å². The van der Waals surface area contributed by atoms with Gasteiger partial charge in [0.05, 0.1) is 11.2 Å². The Morgan fingerprint density at radius 2 is 1.79 bits per heavy atom. The Kier molecular flexibility index (Phi) is 7.39. The Bertz CT molecular complexity index is 1200. The Labute approximate surface area is 215 Å². The van der Waals surface area contributed by atoms with Gasteiger partial charge in [0.1, 0.15) is 0 Å². The molecule has 1 aliphatic rings. The van der Waals surface area contributed by atoms with Crippen LogP contribution in [0.3, 0.4) is 0 Å². The fraction of sp³-hybridized carbons (Fsp3) is 0.231. The fourth-order valence-corrected chi connectivity index (χ4v) is 5.05. The van der Waals surface area contributed by atoms with Crippen molar-refractivity contribution in [3.8, 4) is 0 Å². The van der Waals surface area contributed by atoms with Gasteiger partial charge in [-0.15, -0.1) is 0 Å².